The van der Waals surface area contributed by atoms with E-state index in [0.717, 1.165) is 15.6 Å². The molecule has 82 heavy (non-hydrogen) atoms. The first-order valence-corrected chi connectivity index (χ1v) is 27.9. The average Bonchev–Trinajstić information content (AvgIpc) is 3.86. The van der Waals surface area contributed by atoms with Crippen molar-refractivity contribution in [3.63, 3.8) is 0 Å². The minimum Gasteiger partial charge on any atom is -0.464 e. The van der Waals surface area contributed by atoms with Gasteiger partial charge in [-0.1, -0.05) is 92.2 Å². The number of ether oxygens (including phenoxy) is 4. The molecular formula is C58H80BrN9O14. The molecular weight excluding hydrogens is 1130 g/mol. The lowest BCUT2D eigenvalue weighted by Crippen LogP contribution is -2.55. The van der Waals surface area contributed by atoms with Crippen LogP contribution in [0.2, 0.25) is 0 Å². The number of nitro benzene ring substituents is 1. The molecule has 0 spiro atoms. The first-order valence-electron chi connectivity index (χ1n) is 27.2. The van der Waals surface area contributed by atoms with Crippen molar-refractivity contribution >= 4 is 68.9 Å². The van der Waals surface area contributed by atoms with E-state index in [0.29, 0.717) is 12.0 Å². The fraction of sp³-hybridized carbons (Fsp3) is 0.517. The van der Waals surface area contributed by atoms with Gasteiger partial charge in [-0.05, 0) is 78.6 Å². The van der Waals surface area contributed by atoms with Crippen LogP contribution in [-0.4, -0.2) is 190 Å². The normalized spacial score (nSPS) is 15.0. The van der Waals surface area contributed by atoms with Crippen molar-refractivity contribution in [3.8, 4) is 0 Å². The molecule has 0 aromatic heterocycles. The monoisotopic (exact) mass is 1210 g/mol. The van der Waals surface area contributed by atoms with Crippen LogP contribution in [0.25, 0.3) is 0 Å². The Kier molecular flexibility index (Phi) is 27.7. The number of nitro groups is 1. The van der Waals surface area contributed by atoms with Crippen LogP contribution in [-0.2, 0) is 75.7 Å². The summed E-state index contributed by atoms with van der Waals surface area (Å²) in [5, 5.41) is 20.1. The molecule has 0 saturated carbocycles. The van der Waals surface area contributed by atoms with E-state index in [4.69, 9.17) is 24.7 Å². The number of carbonyl (C=O) groups is 8. The summed E-state index contributed by atoms with van der Waals surface area (Å²) in [4.78, 5) is 127. The molecule has 1 saturated heterocycles. The Balaban J connectivity index is 1.59. The summed E-state index contributed by atoms with van der Waals surface area (Å²) in [6.07, 6.45) is 3.71. The SMILES string of the molecule is COCCN(CC(=O)N[C@H]1CCOC1=O)C(=O)CN(CCc1ccc(Br)cc1)C(=O)CN(CCOC)C(=O)CN(CCOC)C(=O)[C@@H](NC(=O)/C=C/[C@@H](C(C)C)[C@](C)(NC(=O)[C@@H](N)Cc1ccccc1)c1ccc([N+](=O)[O-])cc1)C(C)C. The third-order valence-corrected chi connectivity index (χ3v) is 14.5. The maximum Gasteiger partial charge on any atom is 0.328 e. The highest BCUT2D eigenvalue weighted by Gasteiger charge is 2.40. The molecule has 5 atom stereocenters. The summed E-state index contributed by atoms with van der Waals surface area (Å²) in [5.41, 5.74) is 7.23. The first-order chi connectivity index (χ1) is 39.0. The summed E-state index contributed by atoms with van der Waals surface area (Å²) in [6, 6.07) is 19.4. The number of nitrogens with zero attached hydrogens (tertiary/aromatic N) is 5. The molecule has 0 radical (unpaired) electrons. The average molecular weight is 1210 g/mol. The number of benzene rings is 3. The van der Waals surface area contributed by atoms with Gasteiger partial charge in [-0.25, -0.2) is 4.79 Å². The Hall–Kier alpha value is -7.12. The topological polar surface area (TPSA) is 292 Å². The third-order valence-electron chi connectivity index (χ3n) is 14.0. The second-order valence-electron chi connectivity index (χ2n) is 20.8. The van der Waals surface area contributed by atoms with Gasteiger partial charge < -0.3 is 60.2 Å². The second kappa shape index (κ2) is 33.7. The molecule has 3 aromatic rings. The van der Waals surface area contributed by atoms with Gasteiger partial charge in [-0.2, -0.15) is 0 Å². The highest BCUT2D eigenvalue weighted by molar-refractivity contribution is 9.10. The summed E-state index contributed by atoms with van der Waals surface area (Å²) >= 11 is 3.43. The van der Waals surface area contributed by atoms with Gasteiger partial charge >= 0.3 is 5.97 Å². The van der Waals surface area contributed by atoms with Crippen LogP contribution in [0, 0.1) is 27.9 Å². The molecule has 0 bridgehead atoms. The van der Waals surface area contributed by atoms with Gasteiger partial charge in [0.05, 0.1) is 69.1 Å². The minimum absolute atomic E-state index is 0.000895. The van der Waals surface area contributed by atoms with Crippen molar-refractivity contribution in [1.82, 2.24) is 35.6 Å². The Morgan fingerprint density at radius 2 is 1.29 bits per heavy atom. The van der Waals surface area contributed by atoms with E-state index in [2.05, 4.69) is 31.9 Å². The van der Waals surface area contributed by atoms with Crippen LogP contribution in [0.3, 0.4) is 0 Å². The number of non-ortho nitro benzene ring substituents is 1. The number of hydrogen-bond donors (Lipinski definition) is 4. The van der Waals surface area contributed by atoms with Gasteiger partial charge in [0, 0.05) is 76.5 Å². The van der Waals surface area contributed by atoms with Gasteiger partial charge in [-0.15, -0.1) is 0 Å². The van der Waals surface area contributed by atoms with E-state index >= 15 is 0 Å². The largest absolute Gasteiger partial charge is 0.464 e. The van der Waals surface area contributed by atoms with E-state index in [1.54, 1.807) is 39.0 Å². The summed E-state index contributed by atoms with van der Waals surface area (Å²) in [7, 11) is 4.28. The molecule has 1 aliphatic rings. The van der Waals surface area contributed by atoms with Crippen LogP contribution in [0.15, 0.2) is 95.5 Å². The van der Waals surface area contributed by atoms with E-state index in [9.17, 15) is 48.5 Å². The number of cyclic esters (lactones) is 1. The predicted octanol–water partition coefficient (Wildman–Crippen LogP) is 3.16. The van der Waals surface area contributed by atoms with Crippen LogP contribution in [0.1, 0.15) is 57.7 Å². The van der Waals surface area contributed by atoms with Crippen molar-refractivity contribution in [1.29, 1.82) is 0 Å². The molecule has 0 unspecified atom stereocenters. The number of methoxy groups -OCH3 is 3. The minimum atomic E-state index is -1.27. The van der Waals surface area contributed by atoms with Crippen LogP contribution < -0.4 is 21.7 Å². The van der Waals surface area contributed by atoms with Crippen LogP contribution in [0.5, 0.6) is 0 Å². The number of hydrogen-bond acceptors (Lipinski definition) is 15. The van der Waals surface area contributed by atoms with E-state index in [1.165, 1.54) is 59.1 Å². The van der Waals surface area contributed by atoms with Gasteiger partial charge in [0.2, 0.25) is 41.4 Å². The predicted molar refractivity (Wildman–Crippen MR) is 308 cm³/mol. The second-order valence-corrected chi connectivity index (χ2v) is 21.7. The van der Waals surface area contributed by atoms with Crippen molar-refractivity contribution in [2.45, 2.75) is 77.5 Å². The lowest BCUT2D eigenvalue weighted by Gasteiger charge is -2.40. The number of esters is 1. The number of amides is 7. The summed E-state index contributed by atoms with van der Waals surface area (Å²) < 4.78 is 21.7. The number of halogens is 1. The lowest BCUT2D eigenvalue weighted by molar-refractivity contribution is -0.384. The Bertz CT molecular complexity index is 2640. The molecule has 0 aliphatic carbocycles. The van der Waals surface area contributed by atoms with E-state index < -0.39 is 114 Å². The molecule has 4 rings (SSSR count). The molecule has 5 N–H and O–H groups in total. The molecule has 448 valence electrons. The van der Waals surface area contributed by atoms with Crippen molar-refractivity contribution in [2.24, 2.45) is 23.5 Å². The fourth-order valence-electron chi connectivity index (χ4n) is 9.26. The van der Waals surface area contributed by atoms with Crippen LogP contribution in [0.4, 0.5) is 5.69 Å². The molecule has 23 nitrogen and oxygen atoms in total. The van der Waals surface area contributed by atoms with Gasteiger partial charge in [0.1, 0.15) is 12.1 Å². The fourth-order valence-corrected chi connectivity index (χ4v) is 9.53. The third kappa shape index (κ3) is 21.0. The summed E-state index contributed by atoms with van der Waals surface area (Å²) in [5.74, 6) is -6.23. The molecule has 7 amide bonds. The quantitative estimate of drug-likeness (QED) is 0.0289. The number of rotatable bonds is 34. The molecule has 3 aromatic carbocycles. The standard InChI is InChI=1S/C58H80BrN9O14/c1-39(2)46(58(5,43-16-20-45(21-17-43)68(77)78)63-55(74)47(60)34-42-12-10-9-11-13-42)22-23-49(69)62-54(40(3)4)56(75)67(29-33-81-8)38-53(73)66(28-32-80-7)37-51(71)64(26-24-41-14-18-44(59)19-15-41)36-52(72)65(27-31-79-6)35-50(70)61-48-25-30-82-57(48)76/h9-23,39-40,46-48,54H,24-38,60H2,1-8H3,(H,61,70)(H,62,69)(H,63,74)/b23-22+/t46-,47-,48-,54-,58+/m0/s1. The molecule has 1 fully saturated rings. The maximum atomic E-state index is 14.6. The number of nitrogens with one attached hydrogen (secondary N) is 3. The zero-order valence-corrected chi connectivity index (χ0v) is 49.7. The molecule has 24 heteroatoms. The number of nitrogens with two attached hydrogens (primary N) is 1. The van der Waals surface area contributed by atoms with E-state index in [1.807, 2.05) is 68.4 Å². The van der Waals surface area contributed by atoms with Crippen LogP contribution >= 0.6 is 15.9 Å². The first kappa shape index (κ1) is 67.4. The zero-order valence-electron chi connectivity index (χ0n) is 48.1. The van der Waals surface area contributed by atoms with Crippen molar-refractivity contribution < 1.29 is 62.2 Å². The highest BCUT2D eigenvalue weighted by atomic mass is 79.9. The lowest BCUT2D eigenvalue weighted by atomic mass is 9.73. The maximum absolute atomic E-state index is 14.6. The molecule has 1 heterocycles. The van der Waals surface area contributed by atoms with Gasteiger partial charge in [-0.3, -0.25) is 43.7 Å². The number of carbonyl (C=O) groups excluding carboxylic acids is 8. The Morgan fingerprint density at radius 3 is 1.80 bits per heavy atom. The zero-order chi connectivity index (χ0) is 60.5. The van der Waals surface area contributed by atoms with E-state index in [-0.39, 0.29) is 77.1 Å². The van der Waals surface area contributed by atoms with Gasteiger partial charge in [0.25, 0.3) is 5.69 Å². The molecule has 1 aliphatic heterocycles. The van der Waals surface area contributed by atoms with Crippen molar-refractivity contribution in [3.05, 3.63) is 122 Å². The summed E-state index contributed by atoms with van der Waals surface area (Å²) in [6.45, 7) is 7.04. The van der Waals surface area contributed by atoms with Gasteiger partial charge in [0.15, 0.2) is 0 Å². The smallest absolute Gasteiger partial charge is 0.328 e. The van der Waals surface area contributed by atoms with Crippen molar-refractivity contribution in [2.75, 3.05) is 100 Å². The Labute approximate surface area is 488 Å². The highest BCUT2D eigenvalue weighted by Crippen LogP contribution is 2.37. The Morgan fingerprint density at radius 1 is 0.756 bits per heavy atom.